The van der Waals surface area contributed by atoms with Gasteiger partial charge in [0.05, 0.1) is 25.6 Å². The molecule has 1 heterocycles. The van der Waals surface area contributed by atoms with Crippen LogP contribution < -0.4 is 21.3 Å². The van der Waals surface area contributed by atoms with E-state index in [1.54, 1.807) is 27.7 Å². The molecule has 4 N–H and O–H groups in total. The molecular weight excluding hydrogens is 1150 g/mol. The summed E-state index contributed by atoms with van der Waals surface area (Å²) in [5.74, 6) is -11.0. The predicted octanol–water partition coefficient (Wildman–Crippen LogP) is 4.67. The zero-order chi connectivity index (χ0) is 67.0. The summed E-state index contributed by atoms with van der Waals surface area (Å²) in [6.07, 6.45) is -3.16. The number of amides is 11. The first kappa shape index (κ1) is 76.1. The van der Waals surface area contributed by atoms with Crippen molar-refractivity contribution in [3.8, 4) is 0 Å². The number of likely N-dealkylation sites (N-methyl/N-ethyl adjacent to an activating group) is 7. The molecule has 2 aliphatic carbocycles. The third-order valence-corrected chi connectivity index (χ3v) is 18.5. The van der Waals surface area contributed by atoms with Gasteiger partial charge in [-0.2, -0.15) is 13.2 Å². The Morgan fingerprint density at radius 2 is 1.12 bits per heavy atom. The van der Waals surface area contributed by atoms with Crippen LogP contribution in [0, 0.1) is 35.5 Å². The van der Waals surface area contributed by atoms with Crippen molar-refractivity contribution < 1.29 is 70.3 Å². The van der Waals surface area contributed by atoms with Gasteiger partial charge in [-0.1, -0.05) is 80.1 Å². The number of hydrogen-bond donors (Lipinski definition) is 4. The van der Waals surface area contributed by atoms with Crippen LogP contribution in [0.2, 0.25) is 0 Å². The predicted molar refractivity (Wildman–Crippen MR) is 324 cm³/mol. The van der Waals surface area contributed by atoms with E-state index in [1.165, 1.54) is 84.8 Å². The van der Waals surface area contributed by atoms with Crippen molar-refractivity contribution >= 4 is 65.0 Å². The Bertz CT molecular complexity index is 2440. The highest BCUT2D eigenvalue weighted by Crippen LogP contribution is 2.42. The molecular formula is C62H105F4N11O11. The zero-order valence-electron chi connectivity index (χ0n) is 55.4. The highest BCUT2D eigenvalue weighted by Gasteiger charge is 2.48. The van der Waals surface area contributed by atoms with Crippen molar-refractivity contribution in [2.45, 2.75) is 226 Å². The summed E-state index contributed by atoms with van der Waals surface area (Å²) in [5.41, 5.74) is -1.69. The number of carbonyl (C=O) groups excluding carboxylic acids is 11. The lowest BCUT2D eigenvalue weighted by molar-refractivity contribution is -0.201. The standard InChI is InChI=1S/C62H105F4N11O11/c1-18-38(6)53-59(87)73(13)34-51(80)71(11)35-52(81)76(16)48(32-41-22-20-19-21-23-41)58(86)72(12)33-49(78)67-45(27-25-42-24-26-43(44(63)31-42)62(64,65)66)55(83)68-47(29-37(4)5)57(85)77(17)61(9,10)60(88)69-46(28-36(2)3)56(84)74(14)39(7)30-50(79)75(15)40(8)54(82)70-53/h36-48,53H,18-35H2,1-17H3,(H,67,78)(H,68,83)(H,69,88)(H,70,82)/t38-,39+,40-,42?,43?,44?,45-,46-,47-,48-,53-/m0/s1. The second kappa shape index (κ2) is 33.6. The van der Waals surface area contributed by atoms with Crippen LogP contribution in [-0.2, 0) is 52.7 Å². The van der Waals surface area contributed by atoms with Gasteiger partial charge in [-0.05, 0) is 109 Å². The molecule has 502 valence electrons. The van der Waals surface area contributed by atoms with Crippen LogP contribution in [-0.4, -0.2) is 228 Å². The minimum absolute atomic E-state index is 0.00152. The Morgan fingerprint density at radius 1 is 0.568 bits per heavy atom. The van der Waals surface area contributed by atoms with Crippen molar-refractivity contribution in [1.29, 1.82) is 0 Å². The van der Waals surface area contributed by atoms with Crippen LogP contribution in [0.5, 0.6) is 0 Å². The van der Waals surface area contributed by atoms with Crippen molar-refractivity contribution in [3.05, 3.63) is 0 Å². The first-order chi connectivity index (χ1) is 40.7. The molecule has 0 aromatic heterocycles. The molecule has 0 aromatic carbocycles. The summed E-state index contributed by atoms with van der Waals surface area (Å²) >= 11 is 0. The second-order valence-electron chi connectivity index (χ2n) is 26.8. The fraction of sp³-hybridized carbons (Fsp3) is 0.823. The van der Waals surface area contributed by atoms with E-state index in [0.29, 0.717) is 6.42 Å². The van der Waals surface area contributed by atoms with Gasteiger partial charge >= 0.3 is 6.18 Å². The van der Waals surface area contributed by atoms with Gasteiger partial charge in [0.2, 0.25) is 65.0 Å². The van der Waals surface area contributed by atoms with Crippen LogP contribution in [0.1, 0.15) is 166 Å². The molecule has 88 heavy (non-hydrogen) atoms. The van der Waals surface area contributed by atoms with Crippen LogP contribution in [0.4, 0.5) is 17.6 Å². The molecule has 0 aromatic rings. The highest BCUT2D eigenvalue weighted by molar-refractivity contribution is 5.98. The van der Waals surface area contributed by atoms with Crippen LogP contribution >= 0.6 is 0 Å². The van der Waals surface area contributed by atoms with Crippen LogP contribution in [0.15, 0.2) is 0 Å². The fourth-order valence-electron chi connectivity index (χ4n) is 11.7. The van der Waals surface area contributed by atoms with Gasteiger partial charge in [0.15, 0.2) is 0 Å². The highest BCUT2D eigenvalue weighted by atomic mass is 19.4. The average Bonchev–Trinajstić information content (AvgIpc) is 2.45. The van der Waals surface area contributed by atoms with Gasteiger partial charge in [-0.25, -0.2) is 4.39 Å². The number of nitrogens with one attached hydrogen (secondary N) is 4. The number of halogens is 4. The van der Waals surface area contributed by atoms with E-state index in [0.717, 1.165) is 51.7 Å². The molecule has 3 rings (SSSR count). The molecule has 11 atom stereocenters. The average molecular weight is 1260 g/mol. The van der Waals surface area contributed by atoms with Crippen LogP contribution in [0.3, 0.4) is 0 Å². The smallest absolute Gasteiger partial charge is 0.343 e. The summed E-state index contributed by atoms with van der Waals surface area (Å²) in [5, 5.41) is 11.0. The number of hydrogen-bond acceptors (Lipinski definition) is 11. The Balaban J connectivity index is 2.15. The van der Waals surface area contributed by atoms with Crippen molar-refractivity contribution in [2.24, 2.45) is 35.5 Å². The minimum Gasteiger partial charge on any atom is -0.343 e. The minimum atomic E-state index is -4.75. The van der Waals surface area contributed by atoms with Crippen molar-refractivity contribution in [1.82, 2.24) is 55.6 Å². The number of alkyl halides is 4. The molecule has 0 spiro atoms. The fourth-order valence-corrected chi connectivity index (χ4v) is 11.7. The summed E-state index contributed by atoms with van der Waals surface area (Å²) in [7, 11) is 9.76. The van der Waals surface area contributed by atoms with E-state index >= 15 is 4.39 Å². The van der Waals surface area contributed by atoms with Gasteiger partial charge in [0, 0.05) is 61.8 Å². The summed E-state index contributed by atoms with van der Waals surface area (Å²) in [6.45, 7) is 15.2. The van der Waals surface area contributed by atoms with Crippen molar-refractivity contribution in [3.63, 3.8) is 0 Å². The summed E-state index contributed by atoms with van der Waals surface area (Å²) in [4.78, 5) is 165. The van der Waals surface area contributed by atoms with E-state index in [-0.39, 0.29) is 62.7 Å². The largest absolute Gasteiger partial charge is 0.394 e. The maximum absolute atomic E-state index is 15.1. The van der Waals surface area contributed by atoms with Gasteiger partial charge in [0.25, 0.3) is 0 Å². The number of nitrogens with zero attached hydrogens (tertiary/aromatic N) is 7. The molecule has 3 unspecified atom stereocenters. The first-order valence-corrected chi connectivity index (χ1v) is 31.5. The number of rotatable bonds is 11. The lowest BCUT2D eigenvalue weighted by Crippen LogP contribution is -2.63. The Morgan fingerprint density at radius 3 is 1.67 bits per heavy atom. The molecule has 22 nitrogen and oxygen atoms in total. The molecule has 26 heteroatoms. The second-order valence-corrected chi connectivity index (χ2v) is 26.8. The monoisotopic (exact) mass is 1260 g/mol. The van der Waals surface area contributed by atoms with Gasteiger partial charge in [0.1, 0.15) is 48.0 Å². The number of carbonyl (C=O) groups is 11. The zero-order valence-corrected chi connectivity index (χ0v) is 55.4. The third-order valence-electron chi connectivity index (χ3n) is 18.5. The Hall–Kier alpha value is -6.11. The van der Waals surface area contributed by atoms with Gasteiger partial charge < -0.3 is 55.6 Å². The SMILES string of the molecule is CC[C@H](C)[C@@H]1NC(=O)[C@H](C)N(C)C(=O)C[C@@H](C)N(C)C(=O)[C@H](CC(C)C)NC(=O)C(C)(C)N(C)C(=O)[C@H](CC(C)C)NC(=O)[C@H](CCC2CCC(C(F)(F)F)C(F)C2)NC(=O)CN(C)C(=O)[C@H](CC2CCCCC2)N(C)C(=O)CN(C)C(=O)CN(C)C1=O. The first-order valence-electron chi connectivity index (χ1n) is 31.5. The maximum Gasteiger partial charge on any atom is 0.394 e. The third kappa shape index (κ3) is 21.6. The molecule has 0 bridgehead atoms. The molecule has 2 saturated carbocycles. The van der Waals surface area contributed by atoms with E-state index in [9.17, 15) is 65.9 Å². The Labute approximate surface area is 519 Å². The molecule has 11 amide bonds. The summed E-state index contributed by atoms with van der Waals surface area (Å²) in [6, 6.07) is -8.10. The van der Waals surface area contributed by atoms with Crippen molar-refractivity contribution in [2.75, 3.05) is 69.0 Å². The van der Waals surface area contributed by atoms with E-state index in [4.69, 9.17) is 0 Å². The maximum atomic E-state index is 15.1. The molecule has 3 fully saturated rings. The Kier molecular flexibility index (Phi) is 29.1. The van der Waals surface area contributed by atoms with E-state index in [2.05, 4.69) is 21.3 Å². The summed E-state index contributed by atoms with van der Waals surface area (Å²) < 4.78 is 56.2. The van der Waals surface area contributed by atoms with E-state index in [1.807, 2.05) is 20.8 Å². The molecule has 1 aliphatic heterocycles. The van der Waals surface area contributed by atoms with E-state index < -0.39 is 175 Å². The molecule has 0 radical (unpaired) electrons. The quantitative estimate of drug-likeness (QED) is 0.207. The molecule has 3 aliphatic rings. The van der Waals surface area contributed by atoms with Crippen LogP contribution in [0.25, 0.3) is 0 Å². The van der Waals surface area contributed by atoms with Gasteiger partial charge in [-0.15, -0.1) is 0 Å². The topological polar surface area (TPSA) is 259 Å². The lowest BCUT2D eigenvalue weighted by atomic mass is 9.78. The molecule has 1 saturated heterocycles. The van der Waals surface area contributed by atoms with Gasteiger partial charge in [-0.3, -0.25) is 52.7 Å². The normalized spacial score (nSPS) is 28.9. The lowest BCUT2D eigenvalue weighted by Gasteiger charge is -2.39.